The van der Waals surface area contributed by atoms with Crippen molar-refractivity contribution in [2.24, 2.45) is 0 Å². The first-order valence-electron chi connectivity index (χ1n) is 7.35. The molecule has 1 aliphatic heterocycles. The Morgan fingerprint density at radius 1 is 1.36 bits per heavy atom. The summed E-state index contributed by atoms with van der Waals surface area (Å²) in [6.45, 7) is 2.65. The molecule has 3 heterocycles. The lowest BCUT2D eigenvalue weighted by Gasteiger charge is -2.24. The van der Waals surface area contributed by atoms with Crippen molar-refractivity contribution >= 4 is 5.91 Å². The van der Waals surface area contributed by atoms with E-state index in [-0.39, 0.29) is 18.6 Å². The summed E-state index contributed by atoms with van der Waals surface area (Å²) in [7, 11) is 0. The number of rotatable bonds is 4. The normalized spacial score (nSPS) is 17.5. The second kappa shape index (κ2) is 6.51. The zero-order valence-electron chi connectivity index (χ0n) is 12.5. The molecule has 1 saturated heterocycles. The molecular weight excluding hydrogens is 280 g/mol. The summed E-state index contributed by atoms with van der Waals surface area (Å²) < 4.78 is 5.50. The molecule has 22 heavy (non-hydrogen) atoms. The third-order valence-corrected chi connectivity index (χ3v) is 3.68. The molecule has 1 aliphatic rings. The van der Waals surface area contributed by atoms with Crippen molar-refractivity contribution in [3.8, 4) is 5.75 Å². The first-order valence-corrected chi connectivity index (χ1v) is 7.35. The minimum absolute atomic E-state index is 0.00241. The first kappa shape index (κ1) is 14.4. The lowest BCUT2D eigenvalue weighted by Crippen LogP contribution is -2.34. The molecule has 1 unspecified atom stereocenters. The summed E-state index contributed by atoms with van der Waals surface area (Å²) in [4.78, 5) is 26.9. The molecule has 3 rings (SSSR count). The van der Waals surface area contributed by atoms with Crippen LogP contribution in [0.25, 0.3) is 0 Å². The highest BCUT2D eigenvalue weighted by Gasteiger charge is 2.31. The van der Waals surface area contributed by atoms with Gasteiger partial charge in [-0.05, 0) is 31.9 Å². The van der Waals surface area contributed by atoms with Crippen LogP contribution < -0.4 is 4.74 Å². The lowest BCUT2D eigenvalue weighted by atomic mass is 10.1. The minimum atomic E-state index is -0.0327. The summed E-state index contributed by atoms with van der Waals surface area (Å²) in [5.74, 6) is 0.566. The minimum Gasteiger partial charge on any atom is -0.482 e. The van der Waals surface area contributed by atoms with Gasteiger partial charge < -0.3 is 9.64 Å². The van der Waals surface area contributed by atoms with E-state index < -0.39 is 0 Å². The number of nitrogens with zero attached hydrogens (tertiary/aromatic N) is 4. The molecule has 6 nitrogen and oxygen atoms in total. The Kier molecular flexibility index (Phi) is 4.27. The number of hydrogen-bond donors (Lipinski definition) is 0. The SMILES string of the molecule is Cc1cncc(C2CCCN2C(=O)COc2cccnc2)n1. The maximum absolute atomic E-state index is 12.4. The van der Waals surface area contributed by atoms with Gasteiger partial charge in [0.15, 0.2) is 6.61 Å². The molecule has 1 amide bonds. The highest BCUT2D eigenvalue weighted by molar-refractivity contribution is 5.78. The average molecular weight is 298 g/mol. The predicted molar refractivity (Wildman–Crippen MR) is 80.2 cm³/mol. The van der Waals surface area contributed by atoms with E-state index in [1.54, 1.807) is 36.9 Å². The summed E-state index contributed by atoms with van der Waals surface area (Å²) in [6.07, 6.45) is 8.61. The number of ether oxygens (including phenoxy) is 1. The van der Waals surface area contributed by atoms with Crippen molar-refractivity contribution in [1.29, 1.82) is 0 Å². The number of carbonyl (C=O) groups is 1. The van der Waals surface area contributed by atoms with Crippen molar-refractivity contribution in [1.82, 2.24) is 19.9 Å². The molecule has 0 aliphatic carbocycles. The van der Waals surface area contributed by atoms with Crippen LogP contribution in [0.2, 0.25) is 0 Å². The highest BCUT2D eigenvalue weighted by atomic mass is 16.5. The smallest absolute Gasteiger partial charge is 0.261 e. The van der Waals surface area contributed by atoms with Crippen LogP contribution in [0, 0.1) is 6.92 Å². The Morgan fingerprint density at radius 2 is 2.27 bits per heavy atom. The summed E-state index contributed by atoms with van der Waals surface area (Å²) in [5.41, 5.74) is 1.72. The van der Waals surface area contributed by atoms with Crippen LogP contribution in [0.3, 0.4) is 0 Å². The summed E-state index contributed by atoms with van der Waals surface area (Å²) >= 11 is 0. The molecule has 2 aromatic heterocycles. The molecule has 1 atom stereocenters. The van der Waals surface area contributed by atoms with Crippen LogP contribution in [0.1, 0.15) is 30.3 Å². The van der Waals surface area contributed by atoms with Gasteiger partial charge >= 0.3 is 0 Å². The van der Waals surface area contributed by atoms with Gasteiger partial charge in [-0.3, -0.25) is 19.7 Å². The van der Waals surface area contributed by atoms with Crippen LogP contribution in [-0.2, 0) is 4.79 Å². The van der Waals surface area contributed by atoms with Crippen LogP contribution in [0.4, 0.5) is 0 Å². The van der Waals surface area contributed by atoms with E-state index in [1.165, 1.54) is 0 Å². The Bertz CT molecular complexity index is 648. The largest absolute Gasteiger partial charge is 0.482 e. The fraction of sp³-hybridized carbons (Fsp3) is 0.375. The van der Waals surface area contributed by atoms with Gasteiger partial charge in [0.1, 0.15) is 5.75 Å². The van der Waals surface area contributed by atoms with Crippen LogP contribution in [0.15, 0.2) is 36.9 Å². The van der Waals surface area contributed by atoms with Crippen LogP contribution in [0.5, 0.6) is 5.75 Å². The molecular formula is C16H18N4O2. The van der Waals surface area contributed by atoms with Gasteiger partial charge in [0, 0.05) is 18.9 Å². The van der Waals surface area contributed by atoms with Gasteiger partial charge in [-0.15, -0.1) is 0 Å². The van der Waals surface area contributed by atoms with E-state index in [0.29, 0.717) is 5.75 Å². The van der Waals surface area contributed by atoms with Crippen molar-refractivity contribution in [3.05, 3.63) is 48.3 Å². The zero-order chi connectivity index (χ0) is 15.4. The van der Waals surface area contributed by atoms with E-state index >= 15 is 0 Å². The van der Waals surface area contributed by atoms with E-state index in [1.807, 2.05) is 11.8 Å². The van der Waals surface area contributed by atoms with Crippen molar-refractivity contribution < 1.29 is 9.53 Å². The van der Waals surface area contributed by atoms with Crippen LogP contribution in [-0.4, -0.2) is 38.9 Å². The molecule has 1 fully saturated rings. The molecule has 0 radical (unpaired) electrons. The van der Waals surface area contributed by atoms with E-state index in [9.17, 15) is 4.79 Å². The Morgan fingerprint density at radius 3 is 3.05 bits per heavy atom. The molecule has 0 N–H and O–H groups in total. The van der Waals surface area contributed by atoms with Crippen LogP contribution >= 0.6 is 0 Å². The van der Waals surface area contributed by atoms with E-state index in [4.69, 9.17) is 4.74 Å². The average Bonchev–Trinajstić information content (AvgIpc) is 3.03. The Balaban J connectivity index is 1.66. The number of hydrogen-bond acceptors (Lipinski definition) is 5. The van der Waals surface area contributed by atoms with Gasteiger partial charge in [-0.25, -0.2) is 0 Å². The van der Waals surface area contributed by atoms with Gasteiger partial charge in [0.05, 0.1) is 29.8 Å². The molecule has 0 bridgehead atoms. The number of pyridine rings is 1. The number of carbonyl (C=O) groups excluding carboxylic acids is 1. The topological polar surface area (TPSA) is 68.2 Å². The second-order valence-corrected chi connectivity index (χ2v) is 5.31. The number of likely N-dealkylation sites (tertiary alicyclic amines) is 1. The molecule has 114 valence electrons. The van der Waals surface area contributed by atoms with Crippen molar-refractivity contribution in [3.63, 3.8) is 0 Å². The maximum atomic E-state index is 12.4. The number of aryl methyl sites for hydroxylation is 1. The lowest BCUT2D eigenvalue weighted by molar-refractivity contribution is -0.134. The fourth-order valence-corrected chi connectivity index (χ4v) is 2.68. The second-order valence-electron chi connectivity index (χ2n) is 5.31. The van der Waals surface area contributed by atoms with Gasteiger partial charge in [0.2, 0.25) is 0 Å². The Labute approximate surface area is 129 Å². The van der Waals surface area contributed by atoms with E-state index in [0.717, 1.165) is 30.8 Å². The quantitative estimate of drug-likeness (QED) is 0.862. The number of aromatic nitrogens is 3. The monoisotopic (exact) mass is 298 g/mol. The number of amides is 1. The highest BCUT2D eigenvalue weighted by Crippen LogP contribution is 2.30. The fourth-order valence-electron chi connectivity index (χ4n) is 2.68. The molecule has 0 saturated carbocycles. The molecule has 6 heteroatoms. The predicted octanol–water partition coefficient (Wildman–Crippen LogP) is 1.92. The molecule has 0 aromatic carbocycles. The third kappa shape index (κ3) is 3.21. The summed E-state index contributed by atoms with van der Waals surface area (Å²) in [6, 6.07) is 3.56. The summed E-state index contributed by atoms with van der Waals surface area (Å²) in [5, 5.41) is 0. The third-order valence-electron chi connectivity index (χ3n) is 3.68. The molecule has 2 aromatic rings. The van der Waals surface area contributed by atoms with Crippen molar-refractivity contribution in [2.45, 2.75) is 25.8 Å². The zero-order valence-corrected chi connectivity index (χ0v) is 12.5. The van der Waals surface area contributed by atoms with E-state index in [2.05, 4.69) is 15.0 Å². The maximum Gasteiger partial charge on any atom is 0.261 e. The van der Waals surface area contributed by atoms with Gasteiger partial charge in [-0.2, -0.15) is 0 Å². The first-order chi connectivity index (χ1) is 10.7. The Hall–Kier alpha value is -2.50. The molecule has 0 spiro atoms. The van der Waals surface area contributed by atoms with Gasteiger partial charge in [0.25, 0.3) is 5.91 Å². The van der Waals surface area contributed by atoms with Gasteiger partial charge in [-0.1, -0.05) is 0 Å². The standard InChI is InChI=1S/C16H18N4O2/c1-12-8-18-10-14(19-12)15-5-3-7-20(15)16(21)11-22-13-4-2-6-17-9-13/h2,4,6,8-10,15H,3,5,7,11H2,1H3. The van der Waals surface area contributed by atoms with Crippen molar-refractivity contribution in [2.75, 3.05) is 13.2 Å².